The Hall–Kier alpha value is -0.240. The van der Waals surface area contributed by atoms with Crippen molar-refractivity contribution in [3.8, 4) is 0 Å². The molecule has 5 atom stereocenters. The van der Waals surface area contributed by atoms with E-state index in [1.165, 1.54) is 0 Å². The van der Waals surface area contributed by atoms with E-state index in [-0.39, 0.29) is 50.7 Å². The molecule has 1 aliphatic rings. The molecule has 0 aromatic heterocycles. The van der Waals surface area contributed by atoms with Gasteiger partial charge in [0.05, 0.1) is 36.6 Å². The number of hydrogen-bond acceptors (Lipinski definition) is 6. The molecule has 1 fully saturated rings. The van der Waals surface area contributed by atoms with Gasteiger partial charge >= 0.3 is 0 Å². The summed E-state index contributed by atoms with van der Waals surface area (Å²) in [5.41, 5.74) is 17.2. The minimum absolute atomic E-state index is 0.107. The third kappa shape index (κ3) is 9.99. The summed E-state index contributed by atoms with van der Waals surface area (Å²) in [6.07, 6.45) is 4.59. The van der Waals surface area contributed by atoms with E-state index in [0.29, 0.717) is 25.7 Å². The van der Waals surface area contributed by atoms with Crippen LogP contribution in [0.1, 0.15) is 129 Å². The SMILES string of the molecule is CCC(CC(C)(C)OCC(C)C(C)(C)N)(CC(C)(C)OCC(C)C(C)(C)N)C(C)(CC)OCC1CC1(C)N. The molecule has 1 rings (SSSR count). The van der Waals surface area contributed by atoms with Gasteiger partial charge in [0, 0.05) is 27.9 Å². The summed E-state index contributed by atoms with van der Waals surface area (Å²) in [4.78, 5) is 0. The summed E-state index contributed by atoms with van der Waals surface area (Å²) in [7, 11) is 0. The average Bonchev–Trinajstić information content (AvgIpc) is 3.38. The number of nitrogens with two attached hydrogens (primary N) is 3. The van der Waals surface area contributed by atoms with Crippen LogP contribution in [-0.4, -0.2) is 53.2 Å². The molecule has 0 saturated heterocycles. The van der Waals surface area contributed by atoms with E-state index in [1.807, 2.05) is 0 Å². The summed E-state index contributed by atoms with van der Waals surface area (Å²) >= 11 is 0. The van der Waals surface area contributed by atoms with Crippen molar-refractivity contribution < 1.29 is 14.2 Å². The van der Waals surface area contributed by atoms with Crippen molar-refractivity contribution in [2.45, 2.75) is 162 Å². The highest BCUT2D eigenvalue weighted by Gasteiger charge is 2.54. The van der Waals surface area contributed by atoms with Crippen molar-refractivity contribution in [1.29, 1.82) is 0 Å². The van der Waals surface area contributed by atoms with E-state index in [2.05, 4.69) is 96.9 Å². The fourth-order valence-corrected chi connectivity index (χ4v) is 5.56. The molecule has 6 nitrogen and oxygen atoms in total. The first-order chi connectivity index (χ1) is 16.9. The predicted molar refractivity (Wildman–Crippen MR) is 162 cm³/mol. The van der Waals surface area contributed by atoms with Crippen LogP contribution in [-0.2, 0) is 14.2 Å². The maximum Gasteiger partial charge on any atom is 0.0710 e. The zero-order valence-electron chi connectivity index (χ0n) is 27.8. The Labute approximate surface area is 236 Å². The van der Waals surface area contributed by atoms with E-state index in [1.54, 1.807) is 0 Å². The minimum atomic E-state index is -0.362. The normalized spacial score (nSPS) is 26.0. The van der Waals surface area contributed by atoms with Crippen LogP contribution in [0.25, 0.3) is 0 Å². The van der Waals surface area contributed by atoms with Gasteiger partial charge in [-0.3, -0.25) is 0 Å². The van der Waals surface area contributed by atoms with Gasteiger partial charge < -0.3 is 31.4 Å². The molecule has 0 aromatic rings. The second-order valence-electron chi connectivity index (χ2n) is 15.9. The van der Waals surface area contributed by atoms with Gasteiger partial charge in [-0.1, -0.05) is 27.7 Å². The third-order valence-corrected chi connectivity index (χ3v) is 10.1. The van der Waals surface area contributed by atoms with E-state index < -0.39 is 0 Å². The van der Waals surface area contributed by atoms with Crippen LogP contribution in [0.5, 0.6) is 0 Å². The van der Waals surface area contributed by atoms with Crippen LogP contribution in [0, 0.1) is 23.2 Å². The Morgan fingerprint density at radius 3 is 1.37 bits per heavy atom. The van der Waals surface area contributed by atoms with Crippen molar-refractivity contribution >= 4 is 0 Å². The Bertz CT molecular complexity index is 697. The highest BCUT2D eigenvalue weighted by Crippen LogP contribution is 2.53. The fraction of sp³-hybridized carbons (Fsp3) is 1.00. The summed E-state index contributed by atoms with van der Waals surface area (Å²) in [5.74, 6) is 0.894. The molecule has 1 saturated carbocycles. The zero-order chi connectivity index (χ0) is 30.0. The van der Waals surface area contributed by atoms with Crippen LogP contribution in [0.3, 0.4) is 0 Å². The van der Waals surface area contributed by atoms with Gasteiger partial charge in [0.2, 0.25) is 0 Å². The molecule has 0 aromatic carbocycles. The molecule has 0 amide bonds. The van der Waals surface area contributed by atoms with Gasteiger partial charge in [0.15, 0.2) is 0 Å². The maximum atomic E-state index is 6.92. The number of rotatable bonds is 18. The molecular weight excluding hydrogens is 474 g/mol. The first kappa shape index (κ1) is 35.8. The lowest BCUT2D eigenvalue weighted by Gasteiger charge is -2.54. The van der Waals surface area contributed by atoms with Gasteiger partial charge in [-0.25, -0.2) is 0 Å². The van der Waals surface area contributed by atoms with Crippen molar-refractivity contribution in [2.75, 3.05) is 19.8 Å². The molecule has 0 spiro atoms. The van der Waals surface area contributed by atoms with Gasteiger partial charge in [0.1, 0.15) is 0 Å². The topological polar surface area (TPSA) is 106 Å². The lowest BCUT2D eigenvalue weighted by molar-refractivity contribution is -0.192. The van der Waals surface area contributed by atoms with Gasteiger partial charge in [0.25, 0.3) is 0 Å². The van der Waals surface area contributed by atoms with Crippen LogP contribution in [0.2, 0.25) is 0 Å². The molecule has 0 heterocycles. The standard InChI is InChI=1S/C32H67N3O3/c1-15-31(14,38-20-25-17-30(25,13)35)32(16-2,21-26(5,6)36-18-23(3)28(9,10)33)22-27(7,8)37-19-24(4)29(11,12)34/h23-25H,15-22,33-35H2,1-14H3. The van der Waals surface area contributed by atoms with Crippen molar-refractivity contribution in [3.05, 3.63) is 0 Å². The quantitative estimate of drug-likeness (QED) is 0.185. The van der Waals surface area contributed by atoms with E-state index in [4.69, 9.17) is 31.4 Å². The summed E-state index contributed by atoms with van der Waals surface area (Å²) in [6, 6.07) is 0. The lowest BCUT2D eigenvalue weighted by Crippen LogP contribution is -2.55. The summed E-state index contributed by atoms with van der Waals surface area (Å²) in [5, 5.41) is 0. The zero-order valence-corrected chi connectivity index (χ0v) is 27.8. The number of ether oxygens (including phenoxy) is 3. The molecule has 1 aliphatic carbocycles. The fourth-order valence-electron chi connectivity index (χ4n) is 5.56. The molecule has 6 N–H and O–H groups in total. The molecular formula is C32H67N3O3. The first-order valence-corrected chi connectivity index (χ1v) is 15.1. The molecule has 0 bridgehead atoms. The van der Waals surface area contributed by atoms with Gasteiger partial charge in [-0.2, -0.15) is 0 Å². The smallest absolute Gasteiger partial charge is 0.0710 e. The van der Waals surface area contributed by atoms with Crippen LogP contribution in [0.4, 0.5) is 0 Å². The Morgan fingerprint density at radius 2 is 1.11 bits per heavy atom. The van der Waals surface area contributed by atoms with Gasteiger partial charge in [-0.15, -0.1) is 0 Å². The van der Waals surface area contributed by atoms with E-state index in [9.17, 15) is 0 Å². The predicted octanol–water partition coefficient (Wildman–Crippen LogP) is 6.42. The molecule has 0 aliphatic heterocycles. The summed E-state index contributed by atoms with van der Waals surface area (Å²) < 4.78 is 20.2. The number of hydrogen-bond donors (Lipinski definition) is 3. The molecule has 0 radical (unpaired) electrons. The minimum Gasteiger partial charge on any atom is -0.375 e. The van der Waals surface area contributed by atoms with Crippen LogP contribution >= 0.6 is 0 Å². The summed E-state index contributed by atoms with van der Waals surface area (Å²) in [6.45, 7) is 32.4. The van der Waals surface area contributed by atoms with E-state index >= 15 is 0 Å². The van der Waals surface area contributed by atoms with Crippen LogP contribution < -0.4 is 17.2 Å². The van der Waals surface area contributed by atoms with Gasteiger partial charge in [-0.05, 0) is 113 Å². The molecule has 5 unspecified atom stereocenters. The average molecular weight is 542 g/mol. The Kier molecular flexibility index (Phi) is 11.6. The maximum absolute atomic E-state index is 6.92. The third-order valence-electron chi connectivity index (χ3n) is 10.1. The molecule has 6 heteroatoms. The van der Waals surface area contributed by atoms with Crippen molar-refractivity contribution in [1.82, 2.24) is 0 Å². The monoisotopic (exact) mass is 542 g/mol. The lowest BCUT2D eigenvalue weighted by atomic mass is 9.60. The molecule has 228 valence electrons. The van der Waals surface area contributed by atoms with Crippen molar-refractivity contribution in [3.63, 3.8) is 0 Å². The van der Waals surface area contributed by atoms with E-state index in [0.717, 1.165) is 32.1 Å². The highest BCUT2D eigenvalue weighted by molar-refractivity contribution is 5.06. The van der Waals surface area contributed by atoms with Crippen molar-refractivity contribution in [2.24, 2.45) is 40.4 Å². The first-order valence-electron chi connectivity index (χ1n) is 15.1. The second kappa shape index (κ2) is 12.3. The Morgan fingerprint density at radius 1 is 0.737 bits per heavy atom. The Balaban J connectivity index is 3.30. The second-order valence-corrected chi connectivity index (χ2v) is 15.9. The largest absolute Gasteiger partial charge is 0.375 e. The highest BCUT2D eigenvalue weighted by atomic mass is 16.5. The van der Waals surface area contributed by atoms with Crippen LogP contribution in [0.15, 0.2) is 0 Å². The molecule has 38 heavy (non-hydrogen) atoms.